The lowest BCUT2D eigenvalue weighted by Crippen LogP contribution is -2.07. The highest BCUT2D eigenvalue weighted by Crippen LogP contribution is 2.30. The Morgan fingerprint density at radius 2 is 1.50 bits per heavy atom. The molecule has 0 spiro atoms. The number of halogens is 5. The second-order valence-corrected chi connectivity index (χ2v) is 3.58. The van der Waals surface area contributed by atoms with E-state index < -0.39 is 34.8 Å². The molecule has 0 radical (unpaired) electrons. The number of benzene rings is 1. The normalized spacial score (nSPS) is 10.2. The Bertz CT molecular complexity index is 695. The van der Waals surface area contributed by atoms with E-state index in [0.717, 1.165) is 0 Å². The molecule has 1 N–H and O–H groups in total. The van der Waals surface area contributed by atoms with E-state index >= 15 is 0 Å². The minimum Gasteiger partial charge on any atom is -0.348 e. The van der Waals surface area contributed by atoms with Gasteiger partial charge in [-0.15, -0.1) is 0 Å². The van der Waals surface area contributed by atoms with Crippen molar-refractivity contribution in [3.05, 3.63) is 53.1 Å². The van der Waals surface area contributed by atoms with Crippen LogP contribution >= 0.6 is 0 Å². The number of nitriles is 1. The Labute approximate surface area is 109 Å². The molecule has 0 aliphatic heterocycles. The van der Waals surface area contributed by atoms with E-state index in [1.165, 1.54) is 18.3 Å². The van der Waals surface area contributed by atoms with Crippen molar-refractivity contribution in [2.24, 2.45) is 0 Å². The lowest BCUT2D eigenvalue weighted by atomic mass is 10.2. The van der Waals surface area contributed by atoms with Crippen LogP contribution in [0.25, 0.3) is 0 Å². The maximum Gasteiger partial charge on any atom is 0.200 e. The number of nitrogens with one attached hydrogen (secondary N) is 1. The zero-order chi connectivity index (χ0) is 14.9. The van der Waals surface area contributed by atoms with Gasteiger partial charge in [0.2, 0.25) is 5.82 Å². The van der Waals surface area contributed by atoms with Gasteiger partial charge in [0.05, 0.1) is 5.69 Å². The Morgan fingerprint density at radius 3 is 2.05 bits per heavy atom. The topological polar surface area (TPSA) is 48.7 Å². The predicted molar refractivity (Wildman–Crippen MR) is 58.5 cm³/mol. The number of hydrogen-bond donors (Lipinski definition) is 1. The van der Waals surface area contributed by atoms with Gasteiger partial charge in [-0.1, -0.05) is 0 Å². The molecule has 0 amide bonds. The van der Waals surface area contributed by atoms with E-state index in [9.17, 15) is 22.0 Å². The van der Waals surface area contributed by atoms with Crippen molar-refractivity contribution < 1.29 is 22.0 Å². The Morgan fingerprint density at radius 1 is 0.950 bits per heavy atom. The first-order chi connectivity index (χ1) is 9.47. The molecule has 1 aromatic carbocycles. The third kappa shape index (κ3) is 2.14. The van der Waals surface area contributed by atoms with Gasteiger partial charge in [0, 0.05) is 6.20 Å². The van der Waals surface area contributed by atoms with Crippen LogP contribution in [-0.2, 0) is 0 Å². The third-order valence-electron chi connectivity index (χ3n) is 2.38. The van der Waals surface area contributed by atoms with Gasteiger partial charge in [-0.2, -0.15) is 5.26 Å². The molecule has 0 aliphatic carbocycles. The van der Waals surface area contributed by atoms with Gasteiger partial charge in [-0.25, -0.2) is 26.9 Å². The van der Waals surface area contributed by atoms with Crippen molar-refractivity contribution in [1.82, 2.24) is 4.98 Å². The fourth-order valence-electron chi connectivity index (χ4n) is 1.44. The Kier molecular flexibility index (Phi) is 3.52. The molecule has 0 aliphatic rings. The molecule has 20 heavy (non-hydrogen) atoms. The van der Waals surface area contributed by atoms with Gasteiger partial charge < -0.3 is 5.32 Å². The van der Waals surface area contributed by atoms with Crippen LogP contribution in [0.2, 0.25) is 0 Å². The van der Waals surface area contributed by atoms with E-state index in [1.807, 2.05) is 5.32 Å². The molecule has 2 rings (SSSR count). The first kappa shape index (κ1) is 13.7. The smallest absolute Gasteiger partial charge is 0.200 e. The molecule has 0 bridgehead atoms. The molecule has 102 valence electrons. The second kappa shape index (κ2) is 5.13. The summed E-state index contributed by atoms with van der Waals surface area (Å²) >= 11 is 0. The van der Waals surface area contributed by atoms with E-state index in [2.05, 4.69) is 4.98 Å². The minimum absolute atomic E-state index is 0.182. The summed E-state index contributed by atoms with van der Waals surface area (Å²) in [5.74, 6) is -10.4. The van der Waals surface area contributed by atoms with E-state index in [1.54, 1.807) is 6.07 Å². The molecule has 2 aromatic rings. The van der Waals surface area contributed by atoms with Crippen LogP contribution in [0.15, 0.2) is 18.3 Å². The summed E-state index contributed by atoms with van der Waals surface area (Å²) in [6, 6.07) is 4.16. The first-order valence-electron chi connectivity index (χ1n) is 5.11. The van der Waals surface area contributed by atoms with Gasteiger partial charge in [-0.05, 0) is 12.1 Å². The molecule has 0 fully saturated rings. The summed E-state index contributed by atoms with van der Waals surface area (Å²) in [5.41, 5.74) is -1.68. The summed E-state index contributed by atoms with van der Waals surface area (Å²) in [7, 11) is 0. The number of nitrogens with zero attached hydrogens (tertiary/aromatic N) is 2. The van der Waals surface area contributed by atoms with E-state index in [4.69, 9.17) is 5.26 Å². The molecule has 1 aromatic heterocycles. The molecule has 0 saturated heterocycles. The minimum atomic E-state index is -2.25. The number of hydrogen-bond acceptors (Lipinski definition) is 3. The zero-order valence-electron chi connectivity index (χ0n) is 9.52. The largest absolute Gasteiger partial charge is 0.348 e. The van der Waals surface area contributed by atoms with Crippen molar-refractivity contribution >= 4 is 11.4 Å². The Balaban J connectivity index is 2.58. The highest BCUT2D eigenvalue weighted by Gasteiger charge is 2.26. The molecular weight excluding hydrogens is 281 g/mol. The van der Waals surface area contributed by atoms with Gasteiger partial charge >= 0.3 is 0 Å². The summed E-state index contributed by atoms with van der Waals surface area (Å²) in [5, 5.41) is 10.7. The molecule has 3 nitrogen and oxygen atoms in total. The van der Waals surface area contributed by atoms with Gasteiger partial charge in [0.25, 0.3) is 0 Å². The fourth-order valence-corrected chi connectivity index (χ4v) is 1.44. The van der Waals surface area contributed by atoms with Crippen LogP contribution in [-0.4, -0.2) is 4.98 Å². The van der Waals surface area contributed by atoms with Crippen molar-refractivity contribution in [1.29, 1.82) is 5.26 Å². The van der Waals surface area contributed by atoms with Crippen molar-refractivity contribution in [2.45, 2.75) is 0 Å². The van der Waals surface area contributed by atoms with Crippen LogP contribution in [0.5, 0.6) is 0 Å². The van der Waals surface area contributed by atoms with Crippen LogP contribution < -0.4 is 5.32 Å². The van der Waals surface area contributed by atoms with Crippen molar-refractivity contribution in [2.75, 3.05) is 5.32 Å². The molecule has 0 unspecified atom stereocenters. The zero-order valence-corrected chi connectivity index (χ0v) is 9.52. The average Bonchev–Trinajstić information content (AvgIpc) is 2.48. The average molecular weight is 285 g/mol. The van der Waals surface area contributed by atoms with E-state index in [0.29, 0.717) is 0 Å². The second-order valence-electron chi connectivity index (χ2n) is 3.58. The SMILES string of the molecule is N#Cc1ncccc1Nc1c(F)c(F)c(F)c(F)c1F. The summed E-state index contributed by atoms with van der Waals surface area (Å²) in [4.78, 5) is 3.59. The summed E-state index contributed by atoms with van der Waals surface area (Å²) in [6.45, 7) is 0. The lowest BCUT2D eigenvalue weighted by Gasteiger charge is -2.11. The number of rotatable bonds is 2. The molecular formula is C12H4F5N3. The highest BCUT2D eigenvalue weighted by atomic mass is 19.2. The quantitative estimate of drug-likeness (QED) is 0.522. The molecule has 0 atom stereocenters. The van der Waals surface area contributed by atoms with Gasteiger partial charge in [0.15, 0.2) is 29.0 Å². The van der Waals surface area contributed by atoms with Gasteiger partial charge in [-0.3, -0.25) is 0 Å². The fraction of sp³-hybridized carbons (Fsp3) is 0. The summed E-state index contributed by atoms with van der Waals surface area (Å²) < 4.78 is 65.7. The monoisotopic (exact) mass is 285 g/mol. The van der Waals surface area contributed by atoms with Crippen LogP contribution in [0, 0.1) is 40.4 Å². The van der Waals surface area contributed by atoms with Crippen molar-refractivity contribution in [3.8, 4) is 6.07 Å². The Hall–Kier alpha value is -2.69. The van der Waals surface area contributed by atoms with Crippen LogP contribution in [0.1, 0.15) is 5.69 Å². The van der Waals surface area contributed by atoms with Crippen LogP contribution in [0.3, 0.4) is 0 Å². The lowest BCUT2D eigenvalue weighted by molar-refractivity contribution is 0.382. The van der Waals surface area contributed by atoms with Crippen LogP contribution in [0.4, 0.5) is 33.3 Å². The first-order valence-corrected chi connectivity index (χ1v) is 5.11. The number of aromatic nitrogens is 1. The standard InChI is InChI=1S/C12H4F5N3/c13-7-8(14)10(16)12(11(17)9(7)15)20-5-2-1-3-19-6(5)4-18/h1-3,20H. The molecule has 8 heteroatoms. The third-order valence-corrected chi connectivity index (χ3v) is 2.38. The number of pyridine rings is 1. The molecule has 1 heterocycles. The molecule has 0 saturated carbocycles. The van der Waals surface area contributed by atoms with Crippen molar-refractivity contribution in [3.63, 3.8) is 0 Å². The highest BCUT2D eigenvalue weighted by molar-refractivity contribution is 5.65. The van der Waals surface area contributed by atoms with Gasteiger partial charge in [0.1, 0.15) is 11.8 Å². The maximum absolute atomic E-state index is 13.4. The summed E-state index contributed by atoms with van der Waals surface area (Å²) in [6.07, 6.45) is 1.24. The maximum atomic E-state index is 13.4. The predicted octanol–water partition coefficient (Wildman–Crippen LogP) is 3.39. The number of anilines is 2. The van der Waals surface area contributed by atoms with E-state index in [-0.39, 0.29) is 11.4 Å².